The van der Waals surface area contributed by atoms with Gasteiger partial charge in [0.1, 0.15) is 22.0 Å². The molecule has 0 bridgehead atoms. The van der Waals surface area contributed by atoms with Gasteiger partial charge in [-0.15, -0.1) is 11.3 Å². The summed E-state index contributed by atoms with van der Waals surface area (Å²) >= 11 is 10.3. The van der Waals surface area contributed by atoms with E-state index in [1.807, 2.05) is 42.5 Å². The number of hydrogen-bond acceptors (Lipinski definition) is 4. The maximum absolute atomic E-state index is 11.2. The lowest BCUT2D eigenvalue weighted by molar-refractivity contribution is 0.100. The standard InChI is InChI=1S/C12H8BrN3O2S.C8H9Cl/c13-6-1-2-8-7(3-6)15-5-16(8)10-4-9(17)11(19-10)12(14)18;1-2-7-5-3-4-6-8(7)9/h1-5,17H,(H2,14,18);3-6H,2H2,1H3. The van der Waals surface area contributed by atoms with Gasteiger partial charge in [0.25, 0.3) is 5.91 Å². The average Bonchev–Trinajstić information content (AvgIpc) is 3.25. The van der Waals surface area contributed by atoms with Gasteiger partial charge in [0.15, 0.2) is 0 Å². The van der Waals surface area contributed by atoms with Crippen LogP contribution in [0.15, 0.2) is 59.3 Å². The maximum atomic E-state index is 11.2. The van der Waals surface area contributed by atoms with Gasteiger partial charge in [-0.1, -0.05) is 52.7 Å². The van der Waals surface area contributed by atoms with Crippen LogP contribution in [0.1, 0.15) is 22.2 Å². The molecular formula is C20H17BrClN3O2S. The van der Waals surface area contributed by atoms with Gasteiger partial charge in [-0.25, -0.2) is 4.98 Å². The number of thiophene rings is 1. The number of nitrogens with two attached hydrogens (primary N) is 1. The van der Waals surface area contributed by atoms with Crippen LogP contribution in [0.25, 0.3) is 16.0 Å². The van der Waals surface area contributed by atoms with Gasteiger partial charge >= 0.3 is 0 Å². The first-order chi connectivity index (χ1) is 13.4. The minimum absolute atomic E-state index is 0.105. The van der Waals surface area contributed by atoms with Crippen molar-refractivity contribution in [2.24, 2.45) is 5.73 Å². The van der Waals surface area contributed by atoms with E-state index >= 15 is 0 Å². The van der Waals surface area contributed by atoms with E-state index in [4.69, 9.17) is 17.3 Å². The van der Waals surface area contributed by atoms with E-state index in [-0.39, 0.29) is 10.6 Å². The Balaban J connectivity index is 0.000000211. The molecule has 4 aromatic rings. The summed E-state index contributed by atoms with van der Waals surface area (Å²) in [6.07, 6.45) is 2.66. The van der Waals surface area contributed by atoms with Crippen molar-refractivity contribution < 1.29 is 9.90 Å². The van der Waals surface area contributed by atoms with Crippen molar-refractivity contribution in [3.8, 4) is 10.8 Å². The summed E-state index contributed by atoms with van der Waals surface area (Å²) in [4.78, 5) is 15.6. The summed E-state index contributed by atoms with van der Waals surface area (Å²) in [6.45, 7) is 2.10. The molecule has 8 heteroatoms. The zero-order valence-corrected chi connectivity index (χ0v) is 18.1. The molecule has 144 valence electrons. The second-order valence-corrected chi connectivity index (χ2v) is 8.21. The van der Waals surface area contributed by atoms with Gasteiger partial charge in [-0.05, 0) is 36.2 Å². The smallest absolute Gasteiger partial charge is 0.262 e. The largest absolute Gasteiger partial charge is 0.506 e. The minimum Gasteiger partial charge on any atom is -0.506 e. The fourth-order valence-corrected chi connectivity index (χ4v) is 4.12. The zero-order valence-electron chi connectivity index (χ0n) is 14.9. The summed E-state index contributed by atoms with van der Waals surface area (Å²) in [5.41, 5.74) is 8.13. The van der Waals surface area contributed by atoms with Crippen molar-refractivity contribution in [1.82, 2.24) is 9.55 Å². The summed E-state index contributed by atoms with van der Waals surface area (Å²) in [5.74, 6) is -0.743. The van der Waals surface area contributed by atoms with Gasteiger partial charge in [0.05, 0.1) is 11.0 Å². The molecule has 0 aliphatic carbocycles. The number of rotatable bonds is 3. The first-order valence-corrected chi connectivity index (χ1v) is 10.4. The lowest BCUT2D eigenvalue weighted by atomic mass is 10.2. The van der Waals surface area contributed by atoms with E-state index in [1.165, 1.54) is 11.6 Å². The zero-order chi connectivity index (χ0) is 20.3. The molecule has 0 unspecified atom stereocenters. The molecule has 0 atom stereocenters. The Bertz CT molecular complexity index is 1140. The molecule has 1 amide bonds. The van der Waals surface area contributed by atoms with Crippen molar-refractivity contribution >= 4 is 55.8 Å². The lowest BCUT2D eigenvalue weighted by Gasteiger charge is -1.99. The predicted octanol–water partition coefficient (Wildman–Crippen LogP) is 5.56. The SMILES string of the molecule is CCc1ccccc1Cl.NC(=O)c1sc(-n2cnc3cc(Br)ccc32)cc1O. The quantitative estimate of drug-likeness (QED) is 0.405. The van der Waals surface area contributed by atoms with Gasteiger partial charge in [-0.2, -0.15) is 0 Å². The number of hydrogen-bond donors (Lipinski definition) is 2. The van der Waals surface area contributed by atoms with Crippen LogP contribution < -0.4 is 5.73 Å². The predicted molar refractivity (Wildman–Crippen MR) is 118 cm³/mol. The molecule has 5 nitrogen and oxygen atoms in total. The fraction of sp³-hybridized carbons (Fsp3) is 0.100. The van der Waals surface area contributed by atoms with E-state index < -0.39 is 5.91 Å². The molecule has 0 spiro atoms. The van der Waals surface area contributed by atoms with Gasteiger partial charge in [-0.3, -0.25) is 9.36 Å². The number of benzene rings is 2. The van der Waals surface area contributed by atoms with Crippen molar-refractivity contribution in [3.05, 3.63) is 74.8 Å². The van der Waals surface area contributed by atoms with Crippen LogP contribution in [0.5, 0.6) is 5.75 Å². The van der Waals surface area contributed by atoms with Gasteiger partial charge in [0, 0.05) is 15.6 Å². The van der Waals surface area contributed by atoms with Gasteiger partial charge < -0.3 is 10.8 Å². The van der Waals surface area contributed by atoms with E-state index in [0.29, 0.717) is 5.00 Å². The summed E-state index contributed by atoms with van der Waals surface area (Å²) in [6, 6.07) is 15.1. The number of primary amides is 1. The number of carbonyl (C=O) groups is 1. The molecule has 0 saturated heterocycles. The number of amides is 1. The number of aromatic nitrogens is 2. The Morgan fingerprint density at radius 2 is 2.04 bits per heavy atom. The van der Waals surface area contributed by atoms with Crippen LogP contribution in [0.4, 0.5) is 0 Å². The molecule has 0 fully saturated rings. The molecule has 2 aromatic carbocycles. The number of carbonyl (C=O) groups excluding carboxylic acids is 1. The first kappa shape index (κ1) is 20.4. The first-order valence-electron chi connectivity index (χ1n) is 8.39. The number of nitrogens with zero attached hydrogens (tertiary/aromatic N) is 2. The number of halogens is 2. The third-order valence-corrected chi connectivity index (χ3v) is 6.01. The Morgan fingerprint density at radius 3 is 2.64 bits per heavy atom. The van der Waals surface area contributed by atoms with Crippen LogP contribution >= 0.6 is 38.9 Å². The minimum atomic E-state index is -0.638. The molecule has 3 N–H and O–H groups in total. The summed E-state index contributed by atoms with van der Waals surface area (Å²) in [5, 5.41) is 11.3. The van der Waals surface area contributed by atoms with E-state index in [1.54, 1.807) is 10.9 Å². The van der Waals surface area contributed by atoms with Crippen LogP contribution in [-0.2, 0) is 6.42 Å². The molecular weight excluding hydrogens is 462 g/mol. The van der Waals surface area contributed by atoms with Crippen molar-refractivity contribution in [2.45, 2.75) is 13.3 Å². The van der Waals surface area contributed by atoms with E-state index in [0.717, 1.165) is 38.3 Å². The Kier molecular flexibility index (Phi) is 6.39. The summed E-state index contributed by atoms with van der Waals surface area (Å²) < 4.78 is 2.75. The molecule has 28 heavy (non-hydrogen) atoms. The van der Waals surface area contributed by atoms with Crippen molar-refractivity contribution in [1.29, 1.82) is 0 Å². The normalized spacial score (nSPS) is 10.5. The van der Waals surface area contributed by atoms with Crippen LogP contribution in [0.2, 0.25) is 5.02 Å². The highest BCUT2D eigenvalue weighted by Gasteiger charge is 2.15. The number of aromatic hydroxyl groups is 1. The van der Waals surface area contributed by atoms with Crippen molar-refractivity contribution in [3.63, 3.8) is 0 Å². The van der Waals surface area contributed by atoms with E-state index in [2.05, 4.69) is 27.8 Å². The molecule has 0 saturated carbocycles. The topological polar surface area (TPSA) is 81.1 Å². The number of fused-ring (bicyclic) bond motifs is 1. The molecule has 4 rings (SSSR count). The average molecular weight is 479 g/mol. The molecule has 2 heterocycles. The van der Waals surface area contributed by atoms with Crippen LogP contribution in [0, 0.1) is 0 Å². The highest BCUT2D eigenvalue weighted by Crippen LogP contribution is 2.32. The number of imidazole rings is 1. The van der Waals surface area contributed by atoms with Crippen LogP contribution in [0.3, 0.4) is 0 Å². The molecule has 0 radical (unpaired) electrons. The summed E-state index contributed by atoms with van der Waals surface area (Å²) in [7, 11) is 0. The fourth-order valence-electron chi connectivity index (χ4n) is 2.61. The second-order valence-electron chi connectivity index (χ2n) is 5.86. The maximum Gasteiger partial charge on any atom is 0.262 e. The second kappa shape index (κ2) is 8.77. The highest BCUT2D eigenvalue weighted by molar-refractivity contribution is 9.10. The number of aryl methyl sites for hydroxylation is 1. The third kappa shape index (κ3) is 4.38. The monoisotopic (exact) mass is 477 g/mol. The van der Waals surface area contributed by atoms with Crippen molar-refractivity contribution in [2.75, 3.05) is 0 Å². The Labute approximate surface area is 179 Å². The van der Waals surface area contributed by atoms with Gasteiger partial charge in [0.2, 0.25) is 0 Å². The molecule has 0 aliphatic heterocycles. The molecule has 2 aromatic heterocycles. The highest BCUT2D eigenvalue weighted by atomic mass is 79.9. The Morgan fingerprint density at radius 1 is 1.29 bits per heavy atom. The third-order valence-electron chi connectivity index (χ3n) is 4.01. The van der Waals surface area contributed by atoms with Crippen LogP contribution in [-0.4, -0.2) is 20.6 Å². The molecule has 0 aliphatic rings. The van der Waals surface area contributed by atoms with E-state index in [9.17, 15) is 9.90 Å². The Hall–Kier alpha value is -2.35. The lowest BCUT2D eigenvalue weighted by Crippen LogP contribution is -2.08.